The van der Waals surface area contributed by atoms with E-state index in [0.29, 0.717) is 28.7 Å². The van der Waals surface area contributed by atoms with Gasteiger partial charge in [0.05, 0.1) is 12.3 Å². The molecule has 2 heterocycles. The molecule has 1 saturated heterocycles. The number of nitrogens with one attached hydrogen (secondary N) is 1. The van der Waals surface area contributed by atoms with Gasteiger partial charge in [-0.3, -0.25) is 4.79 Å². The molecular formula is C14H15ClN4O3S2. The van der Waals surface area contributed by atoms with Crippen LogP contribution < -0.4 is 5.32 Å². The van der Waals surface area contributed by atoms with Crippen LogP contribution in [0.5, 0.6) is 0 Å². The molecule has 7 nitrogen and oxygen atoms in total. The number of carbonyl (C=O) groups is 1. The van der Waals surface area contributed by atoms with Crippen LogP contribution in [0, 0.1) is 0 Å². The van der Waals surface area contributed by atoms with Crippen LogP contribution in [0.25, 0.3) is 0 Å². The van der Waals surface area contributed by atoms with Crippen molar-refractivity contribution in [2.24, 2.45) is 0 Å². The second-order valence-electron chi connectivity index (χ2n) is 5.44. The summed E-state index contributed by atoms with van der Waals surface area (Å²) in [4.78, 5) is 12.3. The first-order chi connectivity index (χ1) is 11.3. The minimum atomic E-state index is -3.31. The van der Waals surface area contributed by atoms with Crippen molar-refractivity contribution in [3.63, 3.8) is 0 Å². The standard InChI is InChI=1S/C14H15ClN4O3S2/c1-24(21,22)19-7-3-6-11(19)13-17-18-14(23-13)12(20)16-10-5-2-4-9(15)8-10/h2,4-5,8,11H,3,6-7H2,1H3,(H,16,20). The van der Waals surface area contributed by atoms with Crippen LogP contribution in [-0.2, 0) is 10.0 Å². The smallest absolute Gasteiger partial charge is 0.286 e. The van der Waals surface area contributed by atoms with Crippen LogP contribution in [0.1, 0.15) is 33.7 Å². The van der Waals surface area contributed by atoms with Crippen molar-refractivity contribution in [3.05, 3.63) is 39.3 Å². The molecule has 3 rings (SSSR count). The summed E-state index contributed by atoms with van der Waals surface area (Å²) in [6.07, 6.45) is 2.62. The lowest BCUT2D eigenvalue weighted by Gasteiger charge is -2.19. The summed E-state index contributed by atoms with van der Waals surface area (Å²) in [5.74, 6) is -0.398. The molecule has 1 aromatic carbocycles. The summed E-state index contributed by atoms with van der Waals surface area (Å²) in [5, 5.41) is 11.8. The summed E-state index contributed by atoms with van der Waals surface area (Å²) in [6, 6.07) is 6.44. The average Bonchev–Trinajstić information content (AvgIpc) is 3.15. The highest BCUT2D eigenvalue weighted by atomic mass is 35.5. The summed E-state index contributed by atoms with van der Waals surface area (Å²) in [7, 11) is -3.31. The third-order valence-corrected chi connectivity index (χ3v) is 6.18. The Balaban J connectivity index is 1.77. The average molecular weight is 387 g/mol. The van der Waals surface area contributed by atoms with Crippen LogP contribution in [0.2, 0.25) is 5.02 Å². The molecule has 0 saturated carbocycles. The van der Waals surface area contributed by atoms with Crippen molar-refractivity contribution in [2.45, 2.75) is 18.9 Å². The number of sulfonamides is 1. The number of anilines is 1. The molecule has 24 heavy (non-hydrogen) atoms. The van der Waals surface area contributed by atoms with Gasteiger partial charge < -0.3 is 5.32 Å². The summed E-state index contributed by atoms with van der Waals surface area (Å²) < 4.78 is 25.1. The molecule has 0 radical (unpaired) electrons. The van der Waals surface area contributed by atoms with Crippen molar-refractivity contribution in [1.29, 1.82) is 0 Å². The number of hydrogen-bond donors (Lipinski definition) is 1. The van der Waals surface area contributed by atoms with Crippen LogP contribution in [-0.4, -0.2) is 41.6 Å². The van der Waals surface area contributed by atoms with E-state index in [0.717, 1.165) is 17.8 Å². The Bertz CT molecular complexity index is 868. The van der Waals surface area contributed by atoms with Crippen molar-refractivity contribution in [2.75, 3.05) is 18.1 Å². The predicted octanol–water partition coefficient (Wildman–Crippen LogP) is 2.54. The first kappa shape index (κ1) is 17.3. The number of amides is 1. The maximum absolute atomic E-state index is 12.3. The van der Waals surface area contributed by atoms with E-state index >= 15 is 0 Å². The van der Waals surface area contributed by atoms with E-state index in [9.17, 15) is 13.2 Å². The molecule has 1 fully saturated rings. The lowest BCUT2D eigenvalue weighted by Crippen LogP contribution is -2.29. The number of nitrogens with zero attached hydrogens (tertiary/aromatic N) is 3. The van der Waals surface area contributed by atoms with Gasteiger partial charge in [-0.15, -0.1) is 10.2 Å². The molecule has 1 unspecified atom stereocenters. The number of benzene rings is 1. The van der Waals surface area contributed by atoms with Crippen LogP contribution >= 0.6 is 22.9 Å². The van der Waals surface area contributed by atoms with Gasteiger partial charge in [0.25, 0.3) is 5.91 Å². The van der Waals surface area contributed by atoms with Gasteiger partial charge in [0.1, 0.15) is 5.01 Å². The molecular weight excluding hydrogens is 372 g/mol. The van der Waals surface area contributed by atoms with E-state index in [1.807, 2.05) is 0 Å². The fourth-order valence-corrected chi connectivity index (χ4v) is 4.87. The van der Waals surface area contributed by atoms with Crippen molar-refractivity contribution < 1.29 is 13.2 Å². The maximum Gasteiger partial charge on any atom is 0.286 e. The molecule has 128 valence electrons. The predicted molar refractivity (Wildman–Crippen MR) is 92.8 cm³/mol. The lowest BCUT2D eigenvalue weighted by atomic mass is 10.2. The second-order valence-corrected chi connectivity index (χ2v) is 8.82. The quantitative estimate of drug-likeness (QED) is 0.871. The molecule has 1 amide bonds. The zero-order valence-electron chi connectivity index (χ0n) is 12.8. The molecule has 1 aliphatic rings. The Kier molecular flexibility index (Phi) is 4.86. The van der Waals surface area contributed by atoms with Gasteiger partial charge in [0.15, 0.2) is 0 Å². The zero-order valence-corrected chi connectivity index (χ0v) is 15.2. The Hall–Kier alpha value is -1.55. The molecule has 1 aromatic heterocycles. The molecule has 2 aromatic rings. The number of hydrogen-bond acceptors (Lipinski definition) is 6. The first-order valence-corrected chi connectivity index (χ1v) is 10.3. The van der Waals surface area contributed by atoms with E-state index in [1.165, 1.54) is 10.6 Å². The summed E-state index contributed by atoms with van der Waals surface area (Å²) >= 11 is 6.99. The number of aromatic nitrogens is 2. The van der Waals surface area contributed by atoms with Crippen molar-refractivity contribution in [3.8, 4) is 0 Å². The van der Waals surface area contributed by atoms with E-state index in [1.54, 1.807) is 24.3 Å². The van der Waals surface area contributed by atoms with Gasteiger partial charge in [-0.1, -0.05) is 29.0 Å². The fourth-order valence-electron chi connectivity index (χ4n) is 2.60. The zero-order chi connectivity index (χ0) is 17.3. The van der Waals surface area contributed by atoms with E-state index in [-0.39, 0.29) is 11.0 Å². The van der Waals surface area contributed by atoms with Gasteiger partial charge in [-0.25, -0.2) is 8.42 Å². The van der Waals surface area contributed by atoms with Gasteiger partial charge in [0.2, 0.25) is 15.0 Å². The number of halogens is 1. The van der Waals surface area contributed by atoms with Crippen LogP contribution in [0.4, 0.5) is 5.69 Å². The highest BCUT2D eigenvalue weighted by molar-refractivity contribution is 7.88. The third kappa shape index (κ3) is 3.75. The number of rotatable bonds is 4. The van der Waals surface area contributed by atoms with Crippen LogP contribution in [0.15, 0.2) is 24.3 Å². The molecule has 1 N–H and O–H groups in total. The topological polar surface area (TPSA) is 92.3 Å². The maximum atomic E-state index is 12.3. The summed E-state index contributed by atoms with van der Waals surface area (Å²) in [5.41, 5.74) is 0.558. The molecule has 0 bridgehead atoms. The monoisotopic (exact) mass is 386 g/mol. The minimum absolute atomic E-state index is 0.185. The molecule has 0 spiro atoms. The molecule has 10 heteroatoms. The SMILES string of the molecule is CS(=O)(=O)N1CCCC1c1nnc(C(=O)Nc2cccc(Cl)c2)s1. The largest absolute Gasteiger partial charge is 0.320 e. The Morgan fingerprint density at radius 3 is 2.92 bits per heavy atom. The van der Waals surface area contributed by atoms with Crippen molar-refractivity contribution >= 4 is 44.6 Å². The van der Waals surface area contributed by atoms with Gasteiger partial charge in [-0.05, 0) is 31.0 Å². The highest BCUT2D eigenvalue weighted by Crippen LogP contribution is 2.35. The van der Waals surface area contributed by atoms with Gasteiger partial charge >= 0.3 is 0 Å². The second kappa shape index (κ2) is 6.75. The molecule has 0 aliphatic carbocycles. The normalized spacial score (nSPS) is 18.7. The summed E-state index contributed by atoms with van der Waals surface area (Å²) in [6.45, 7) is 0.465. The molecule has 1 aliphatic heterocycles. The minimum Gasteiger partial charge on any atom is -0.320 e. The Labute approximate surface area is 148 Å². The van der Waals surface area contributed by atoms with E-state index < -0.39 is 15.9 Å². The molecule has 1 atom stereocenters. The lowest BCUT2D eigenvalue weighted by molar-refractivity contribution is 0.102. The fraction of sp³-hybridized carbons (Fsp3) is 0.357. The van der Waals surface area contributed by atoms with E-state index in [2.05, 4.69) is 15.5 Å². The van der Waals surface area contributed by atoms with Crippen molar-refractivity contribution in [1.82, 2.24) is 14.5 Å². The number of carbonyl (C=O) groups excluding carboxylic acids is 1. The highest BCUT2D eigenvalue weighted by Gasteiger charge is 2.35. The van der Waals surface area contributed by atoms with Gasteiger partial charge in [0, 0.05) is 17.3 Å². The first-order valence-electron chi connectivity index (χ1n) is 7.22. The van der Waals surface area contributed by atoms with E-state index in [4.69, 9.17) is 11.6 Å². The van der Waals surface area contributed by atoms with Crippen LogP contribution in [0.3, 0.4) is 0 Å². The Morgan fingerprint density at radius 2 is 2.21 bits per heavy atom. The Morgan fingerprint density at radius 1 is 1.42 bits per heavy atom. The third-order valence-electron chi connectivity index (χ3n) is 3.63. The van der Waals surface area contributed by atoms with Gasteiger partial charge in [-0.2, -0.15) is 4.31 Å².